The summed E-state index contributed by atoms with van der Waals surface area (Å²) in [6.45, 7) is 0.675. The van der Waals surface area contributed by atoms with E-state index in [1.165, 1.54) is 11.0 Å². The van der Waals surface area contributed by atoms with Gasteiger partial charge in [0, 0.05) is 12.3 Å². The highest BCUT2D eigenvalue weighted by molar-refractivity contribution is 8.21. The fraction of sp³-hybridized carbons (Fsp3) is 1.00. The van der Waals surface area contributed by atoms with Crippen LogP contribution >= 0.6 is 21.7 Å². The van der Waals surface area contributed by atoms with E-state index in [9.17, 15) is 0 Å². The first-order valence-corrected chi connectivity index (χ1v) is 3.16. The minimum atomic E-state index is 0.675. The van der Waals surface area contributed by atoms with Crippen molar-refractivity contribution in [1.29, 1.82) is 0 Å². The van der Waals surface area contributed by atoms with Gasteiger partial charge in [-0.25, -0.2) is 0 Å². The van der Waals surface area contributed by atoms with E-state index in [-0.39, 0.29) is 0 Å². The molecule has 0 amide bonds. The lowest BCUT2D eigenvalue weighted by Gasteiger charge is -1.77. The van der Waals surface area contributed by atoms with Gasteiger partial charge in [0.15, 0.2) is 0 Å². The molecule has 0 aromatic carbocycles. The molecule has 0 heterocycles. The lowest BCUT2D eigenvalue weighted by Crippen LogP contribution is -1.98. The van der Waals surface area contributed by atoms with Crippen molar-refractivity contribution in [2.75, 3.05) is 12.3 Å². The van der Waals surface area contributed by atoms with Gasteiger partial charge in [-0.1, -0.05) is 11.0 Å². The van der Waals surface area contributed by atoms with Gasteiger partial charge in [0.05, 0.1) is 0 Å². The maximum atomic E-state index is 5.14. The number of halogens is 1. The van der Waals surface area contributed by atoms with Crippen LogP contribution in [0.3, 0.4) is 0 Å². The fourth-order valence-electron chi connectivity index (χ4n) is 0.0445. The minimum Gasteiger partial charge on any atom is -0.330 e. The Hall–Kier alpha value is 0.600. The highest BCUT2D eigenvalue weighted by atomic mass is 35.7. The molecule has 2 N–H and O–H groups in total. The quantitative estimate of drug-likeness (QED) is 0.572. The molecule has 0 aliphatic heterocycles. The molecule has 0 saturated heterocycles. The predicted octanol–water partition coefficient (Wildman–Crippen LogP) is 0.832. The van der Waals surface area contributed by atoms with E-state index >= 15 is 0 Å². The van der Waals surface area contributed by atoms with Crippen LogP contribution < -0.4 is 5.73 Å². The molecule has 0 aliphatic rings. The summed E-state index contributed by atoms with van der Waals surface area (Å²) in [7, 11) is 6.39. The average Bonchev–Trinajstić information content (AvgIpc) is 1.41. The Labute approximate surface area is 40.4 Å². The van der Waals surface area contributed by atoms with E-state index < -0.39 is 0 Å². The molecule has 0 spiro atoms. The van der Waals surface area contributed by atoms with Crippen LogP contribution in [0, 0.1) is 0 Å². The summed E-state index contributed by atoms with van der Waals surface area (Å²) in [4.78, 5) is 0. The first kappa shape index (κ1) is 5.60. The van der Waals surface area contributed by atoms with Gasteiger partial charge in [-0.2, -0.15) is 0 Å². The van der Waals surface area contributed by atoms with Crippen molar-refractivity contribution in [3.05, 3.63) is 0 Å². The van der Waals surface area contributed by atoms with Gasteiger partial charge in [-0.05, 0) is 10.7 Å². The normalized spacial score (nSPS) is 8.40. The van der Waals surface area contributed by atoms with Crippen molar-refractivity contribution >= 4 is 21.7 Å². The number of nitrogens with two attached hydrogens (primary N) is 1. The second-order valence-corrected chi connectivity index (χ2v) is 1.88. The van der Waals surface area contributed by atoms with Crippen LogP contribution in [0.15, 0.2) is 0 Å². The van der Waals surface area contributed by atoms with E-state index in [2.05, 4.69) is 0 Å². The van der Waals surface area contributed by atoms with Crippen LogP contribution in [0.2, 0.25) is 0 Å². The summed E-state index contributed by atoms with van der Waals surface area (Å²) in [5.74, 6) is 0.849. The van der Waals surface area contributed by atoms with Gasteiger partial charge in [-0.15, -0.1) is 0 Å². The lowest BCUT2D eigenvalue weighted by molar-refractivity contribution is 1.16. The van der Waals surface area contributed by atoms with Gasteiger partial charge < -0.3 is 5.73 Å². The Morgan fingerprint density at radius 2 is 2.40 bits per heavy atom. The Balaban J connectivity index is 2.19. The molecule has 0 aromatic heterocycles. The summed E-state index contributed by atoms with van der Waals surface area (Å²) < 4.78 is 0. The third-order valence-electron chi connectivity index (χ3n) is 0.195. The fourth-order valence-corrected chi connectivity index (χ4v) is 0.401. The van der Waals surface area contributed by atoms with E-state index in [1.54, 1.807) is 0 Å². The van der Waals surface area contributed by atoms with Crippen LogP contribution in [0.4, 0.5) is 0 Å². The molecule has 1 nitrogen and oxygen atoms in total. The topological polar surface area (TPSA) is 26.0 Å². The second kappa shape index (κ2) is 4.60. The van der Waals surface area contributed by atoms with Gasteiger partial charge >= 0.3 is 0 Å². The molecule has 0 bridgehead atoms. The van der Waals surface area contributed by atoms with E-state index in [0.717, 1.165) is 5.75 Å². The summed E-state index contributed by atoms with van der Waals surface area (Å²) in [6.07, 6.45) is 0. The zero-order valence-electron chi connectivity index (χ0n) is 2.78. The van der Waals surface area contributed by atoms with Crippen molar-refractivity contribution in [2.45, 2.75) is 0 Å². The van der Waals surface area contributed by atoms with Crippen LogP contribution in [0.25, 0.3) is 0 Å². The molecule has 0 saturated carbocycles. The van der Waals surface area contributed by atoms with Crippen molar-refractivity contribution in [1.82, 2.24) is 0 Å². The first-order chi connectivity index (χ1) is 2.41. The Morgan fingerprint density at radius 3 is 2.40 bits per heavy atom. The predicted molar refractivity (Wildman–Crippen MR) is 27.4 cm³/mol. The standard InChI is InChI=1S/C2H6ClNS/c3-5-2-1-4/h1-2,4H2. The molecule has 0 aromatic rings. The lowest BCUT2D eigenvalue weighted by atomic mass is 10.8. The average molecular weight is 112 g/mol. The SMILES string of the molecule is NCCSCl. The van der Waals surface area contributed by atoms with E-state index in [4.69, 9.17) is 16.4 Å². The number of rotatable bonds is 2. The minimum absolute atomic E-state index is 0.675. The van der Waals surface area contributed by atoms with Crippen molar-refractivity contribution < 1.29 is 0 Å². The Morgan fingerprint density at radius 1 is 1.80 bits per heavy atom. The molecule has 3 heteroatoms. The molecule has 0 aliphatic carbocycles. The smallest absolute Gasteiger partial charge is 0.0208 e. The van der Waals surface area contributed by atoms with Gasteiger partial charge in [-0.3, -0.25) is 0 Å². The first-order valence-electron chi connectivity index (χ1n) is 1.35. The molecule has 0 rings (SSSR count). The van der Waals surface area contributed by atoms with Crippen molar-refractivity contribution in [3.8, 4) is 0 Å². The Kier molecular flexibility index (Phi) is 5.15. The molecule has 0 unspecified atom stereocenters. The molecule has 0 radical (unpaired) electrons. The number of hydrogen-bond acceptors (Lipinski definition) is 2. The van der Waals surface area contributed by atoms with E-state index in [1.807, 2.05) is 0 Å². The molecule has 32 valence electrons. The second-order valence-electron chi connectivity index (χ2n) is 0.602. The zero-order chi connectivity index (χ0) is 4.12. The monoisotopic (exact) mass is 111 g/mol. The number of hydrogen-bond donors (Lipinski definition) is 1. The van der Waals surface area contributed by atoms with Crippen LogP contribution in [-0.2, 0) is 0 Å². The molecular weight excluding hydrogens is 106 g/mol. The highest BCUT2D eigenvalue weighted by Gasteiger charge is 1.70. The maximum Gasteiger partial charge on any atom is 0.0208 e. The highest BCUT2D eigenvalue weighted by Crippen LogP contribution is 2.01. The van der Waals surface area contributed by atoms with Crippen LogP contribution in [0.5, 0.6) is 0 Å². The summed E-state index contributed by atoms with van der Waals surface area (Å²) in [5.41, 5.74) is 5.03. The van der Waals surface area contributed by atoms with Gasteiger partial charge in [0.25, 0.3) is 0 Å². The summed E-state index contributed by atoms with van der Waals surface area (Å²) >= 11 is 0. The largest absolute Gasteiger partial charge is 0.330 e. The van der Waals surface area contributed by atoms with Crippen molar-refractivity contribution in [2.24, 2.45) is 5.73 Å². The van der Waals surface area contributed by atoms with Crippen LogP contribution in [0.1, 0.15) is 0 Å². The summed E-state index contributed by atoms with van der Waals surface area (Å²) in [6, 6.07) is 0. The van der Waals surface area contributed by atoms with Crippen LogP contribution in [-0.4, -0.2) is 12.3 Å². The molecular formula is C2H6ClNS. The third-order valence-corrected chi connectivity index (χ3v) is 1.05. The third kappa shape index (κ3) is 4.60. The molecule has 5 heavy (non-hydrogen) atoms. The molecule has 0 fully saturated rings. The van der Waals surface area contributed by atoms with Gasteiger partial charge in [0.1, 0.15) is 0 Å². The van der Waals surface area contributed by atoms with Gasteiger partial charge in [0.2, 0.25) is 0 Å². The molecule has 0 atom stereocenters. The maximum absolute atomic E-state index is 5.14. The Bertz CT molecular complexity index is 17.1. The zero-order valence-corrected chi connectivity index (χ0v) is 4.35. The van der Waals surface area contributed by atoms with E-state index in [0.29, 0.717) is 6.54 Å². The summed E-state index contributed by atoms with van der Waals surface area (Å²) in [5, 5.41) is 0. The van der Waals surface area contributed by atoms with Crippen molar-refractivity contribution in [3.63, 3.8) is 0 Å².